The smallest absolute Gasteiger partial charge is 0.312 e. The van der Waals surface area contributed by atoms with Gasteiger partial charge in [0.1, 0.15) is 6.61 Å². The fraction of sp³-hybridized carbons (Fsp3) is 0.250. The van der Waals surface area contributed by atoms with Crippen molar-refractivity contribution in [2.75, 3.05) is 0 Å². The van der Waals surface area contributed by atoms with Crippen molar-refractivity contribution in [3.05, 3.63) is 49.2 Å². The van der Waals surface area contributed by atoms with Crippen LogP contribution >= 0.6 is 27.5 Å². The molecule has 106 valence electrons. The molecule has 0 aliphatic carbocycles. The van der Waals surface area contributed by atoms with Crippen molar-refractivity contribution >= 4 is 33.2 Å². The molecule has 0 unspecified atom stereocenters. The number of aromatic nitrogens is 2. The third-order valence-electron chi connectivity index (χ3n) is 2.74. The molecule has 1 aromatic heterocycles. The lowest BCUT2D eigenvalue weighted by molar-refractivity contribution is -0.385. The summed E-state index contributed by atoms with van der Waals surface area (Å²) in [6, 6.07) is 4.30. The number of hydrogen-bond donors (Lipinski definition) is 0. The molecule has 1 aromatic carbocycles. The third kappa shape index (κ3) is 2.94. The topological polar surface area (TPSA) is 70.2 Å². The van der Waals surface area contributed by atoms with E-state index in [-0.39, 0.29) is 18.0 Å². The van der Waals surface area contributed by atoms with E-state index in [4.69, 9.17) is 16.3 Å². The van der Waals surface area contributed by atoms with Gasteiger partial charge >= 0.3 is 5.69 Å². The Morgan fingerprint density at radius 3 is 2.80 bits per heavy atom. The maximum atomic E-state index is 11.0. The molecule has 2 rings (SSSR count). The molecule has 0 aliphatic heterocycles. The molecule has 0 radical (unpaired) electrons. The van der Waals surface area contributed by atoms with E-state index in [0.29, 0.717) is 5.02 Å². The predicted molar refractivity (Wildman–Crippen MR) is 78.1 cm³/mol. The lowest BCUT2D eigenvalue weighted by Crippen LogP contribution is -2.05. The highest BCUT2D eigenvalue weighted by Crippen LogP contribution is 2.31. The Morgan fingerprint density at radius 2 is 2.25 bits per heavy atom. The molecule has 1 heterocycles. The molecule has 0 saturated heterocycles. The maximum Gasteiger partial charge on any atom is 0.312 e. The second kappa shape index (κ2) is 5.80. The summed E-state index contributed by atoms with van der Waals surface area (Å²) in [6.07, 6.45) is 0. The number of aryl methyl sites for hydroxylation is 2. The SMILES string of the molecule is Cc1nn(C)c(COc2ccc(Cl)cc2[N+](=O)[O-])c1Br. The number of benzene rings is 1. The van der Waals surface area contributed by atoms with Gasteiger partial charge in [-0.25, -0.2) is 0 Å². The summed E-state index contributed by atoms with van der Waals surface area (Å²) in [4.78, 5) is 10.4. The van der Waals surface area contributed by atoms with Crippen LogP contribution < -0.4 is 4.74 Å². The Morgan fingerprint density at radius 1 is 1.55 bits per heavy atom. The molecule has 0 N–H and O–H groups in total. The fourth-order valence-electron chi connectivity index (χ4n) is 1.74. The number of nitro benzene ring substituents is 1. The van der Waals surface area contributed by atoms with E-state index >= 15 is 0 Å². The monoisotopic (exact) mass is 359 g/mol. The second-order valence-electron chi connectivity index (χ2n) is 4.13. The zero-order chi connectivity index (χ0) is 14.9. The summed E-state index contributed by atoms with van der Waals surface area (Å²) in [5.74, 6) is 0.171. The Bertz CT molecular complexity index is 672. The van der Waals surface area contributed by atoms with Crippen LogP contribution in [0, 0.1) is 17.0 Å². The van der Waals surface area contributed by atoms with Crippen LogP contribution in [0.2, 0.25) is 5.02 Å². The molecule has 0 saturated carbocycles. The van der Waals surface area contributed by atoms with Crippen molar-refractivity contribution in [2.24, 2.45) is 7.05 Å². The molecule has 0 bridgehead atoms. The van der Waals surface area contributed by atoms with Gasteiger partial charge in [-0.15, -0.1) is 0 Å². The van der Waals surface area contributed by atoms with Gasteiger partial charge in [-0.3, -0.25) is 14.8 Å². The number of ether oxygens (including phenoxy) is 1. The number of rotatable bonds is 4. The van der Waals surface area contributed by atoms with E-state index < -0.39 is 4.92 Å². The van der Waals surface area contributed by atoms with Crippen LogP contribution in [0.1, 0.15) is 11.4 Å². The van der Waals surface area contributed by atoms with Gasteiger partial charge in [-0.05, 0) is 35.0 Å². The summed E-state index contributed by atoms with van der Waals surface area (Å²) in [6.45, 7) is 2.03. The van der Waals surface area contributed by atoms with Crippen LogP contribution in [0.4, 0.5) is 5.69 Å². The molecule has 20 heavy (non-hydrogen) atoms. The minimum Gasteiger partial charge on any atom is -0.480 e. The van der Waals surface area contributed by atoms with Crippen molar-refractivity contribution in [1.82, 2.24) is 9.78 Å². The molecule has 0 atom stereocenters. The van der Waals surface area contributed by atoms with Crippen molar-refractivity contribution in [1.29, 1.82) is 0 Å². The van der Waals surface area contributed by atoms with Crippen molar-refractivity contribution < 1.29 is 9.66 Å². The second-order valence-corrected chi connectivity index (χ2v) is 5.36. The standard InChI is InChI=1S/C12H11BrClN3O3/c1-7-12(13)10(16(2)15-7)6-20-11-4-3-8(14)5-9(11)17(18)19/h3-5H,6H2,1-2H3. The first-order valence-corrected chi connectivity index (χ1v) is 6.82. The number of hydrogen-bond acceptors (Lipinski definition) is 4. The number of nitrogens with zero attached hydrogens (tertiary/aromatic N) is 3. The van der Waals surface area contributed by atoms with Gasteiger partial charge in [-0.1, -0.05) is 11.6 Å². The predicted octanol–water partition coefficient (Wildman–Crippen LogP) is 3.63. The van der Waals surface area contributed by atoms with Crippen LogP contribution in [-0.2, 0) is 13.7 Å². The van der Waals surface area contributed by atoms with Crippen LogP contribution in [0.15, 0.2) is 22.7 Å². The van der Waals surface area contributed by atoms with Crippen molar-refractivity contribution in [2.45, 2.75) is 13.5 Å². The summed E-state index contributed by atoms with van der Waals surface area (Å²) >= 11 is 9.17. The molecule has 8 heteroatoms. The van der Waals surface area contributed by atoms with Gasteiger partial charge < -0.3 is 4.74 Å². The molecule has 2 aromatic rings. The highest BCUT2D eigenvalue weighted by Gasteiger charge is 2.17. The molecule has 0 aliphatic rings. The molecule has 0 amide bonds. The van der Waals surface area contributed by atoms with Gasteiger partial charge in [-0.2, -0.15) is 5.10 Å². The van der Waals surface area contributed by atoms with E-state index in [9.17, 15) is 10.1 Å². The first-order valence-electron chi connectivity index (χ1n) is 5.65. The molecular weight excluding hydrogens is 350 g/mol. The summed E-state index contributed by atoms with van der Waals surface area (Å²) in [5, 5.41) is 15.5. The fourth-order valence-corrected chi connectivity index (χ4v) is 2.36. The summed E-state index contributed by atoms with van der Waals surface area (Å²) in [7, 11) is 1.78. The highest BCUT2D eigenvalue weighted by atomic mass is 79.9. The minimum atomic E-state index is -0.523. The quantitative estimate of drug-likeness (QED) is 0.616. The largest absolute Gasteiger partial charge is 0.480 e. The maximum absolute atomic E-state index is 11.0. The van der Waals surface area contributed by atoms with Crippen molar-refractivity contribution in [3.8, 4) is 5.75 Å². The number of nitro groups is 1. The van der Waals surface area contributed by atoms with Gasteiger partial charge in [0.25, 0.3) is 0 Å². The Balaban J connectivity index is 2.25. The first-order chi connectivity index (χ1) is 9.40. The lowest BCUT2D eigenvalue weighted by Gasteiger charge is -2.07. The van der Waals surface area contributed by atoms with E-state index in [0.717, 1.165) is 15.9 Å². The van der Waals surface area contributed by atoms with Crippen molar-refractivity contribution in [3.63, 3.8) is 0 Å². The zero-order valence-electron chi connectivity index (χ0n) is 10.8. The zero-order valence-corrected chi connectivity index (χ0v) is 13.1. The average Bonchev–Trinajstić information content (AvgIpc) is 2.62. The van der Waals surface area contributed by atoms with E-state index in [1.165, 1.54) is 12.1 Å². The highest BCUT2D eigenvalue weighted by molar-refractivity contribution is 9.10. The van der Waals surface area contributed by atoms with Gasteiger partial charge in [0.15, 0.2) is 5.75 Å². The van der Waals surface area contributed by atoms with E-state index in [1.807, 2.05) is 6.92 Å². The average molecular weight is 361 g/mol. The van der Waals surface area contributed by atoms with Gasteiger partial charge in [0, 0.05) is 18.1 Å². The third-order valence-corrected chi connectivity index (χ3v) is 4.01. The minimum absolute atomic E-state index is 0.160. The van der Waals surface area contributed by atoms with Gasteiger partial charge in [0.05, 0.1) is 20.8 Å². The van der Waals surface area contributed by atoms with Gasteiger partial charge in [0.2, 0.25) is 0 Å². The molecule has 6 nitrogen and oxygen atoms in total. The lowest BCUT2D eigenvalue weighted by atomic mass is 10.3. The normalized spacial score (nSPS) is 10.6. The molecular formula is C12H11BrClN3O3. The van der Waals surface area contributed by atoms with Crippen LogP contribution in [-0.4, -0.2) is 14.7 Å². The Hall–Kier alpha value is -1.60. The van der Waals surface area contributed by atoms with Crippen LogP contribution in [0.5, 0.6) is 5.75 Å². The first kappa shape index (κ1) is 14.8. The Labute approximate surface area is 128 Å². The van der Waals surface area contributed by atoms with E-state index in [2.05, 4.69) is 21.0 Å². The molecule has 0 fully saturated rings. The molecule has 0 spiro atoms. The van der Waals surface area contributed by atoms with Crippen LogP contribution in [0.25, 0.3) is 0 Å². The summed E-state index contributed by atoms with van der Waals surface area (Å²) in [5.41, 5.74) is 1.47. The van der Waals surface area contributed by atoms with Crippen LogP contribution in [0.3, 0.4) is 0 Å². The van der Waals surface area contributed by atoms with E-state index in [1.54, 1.807) is 17.8 Å². The summed E-state index contributed by atoms with van der Waals surface area (Å²) < 4.78 is 8.02. The Kier molecular flexibility index (Phi) is 4.29. The number of halogens is 2.